The van der Waals surface area contributed by atoms with Gasteiger partial charge in [-0.25, -0.2) is 13.4 Å². The predicted molar refractivity (Wildman–Crippen MR) is 121 cm³/mol. The maximum Gasteiger partial charge on any atom is 0.228 e. The van der Waals surface area contributed by atoms with E-state index >= 15 is 0 Å². The number of sulfone groups is 1. The highest BCUT2D eigenvalue weighted by atomic mass is 32.2. The molecule has 1 amide bonds. The van der Waals surface area contributed by atoms with Crippen LogP contribution in [0, 0.1) is 6.92 Å². The van der Waals surface area contributed by atoms with E-state index in [1.807, 2.05) is 37.3 Å². The minimum atomic E-state index is -3.04. The van der Waals surface area contributed by atoms with Gasteiger partial charge in [-0.05, 0) is 18.9 Å². The highest BCUT2D eigenvalue weighted by Crippen LogP contribution is 2.36. The Morgan fingerprint density at radius 1 is 1.10 bits per heavy atom. The normalized spacial score (nSPS) is 17.7. The predicted octanol–water partition coefficient (Wildman–Crippen LogP) is 3.97. The molecule has 0 spiro atoms. The third kappa shape index (κ3) is 4.47. The summed E-state index contributed by atoms with van der Waals surface area (Å²) in [6.07, 6.45) is 0.654. The van der Waals surface area contributed by atoms with E-state index in [1.54, 1.807) is 23.3 Å². The van der Waals surface area contributed by atoms with E-state index < -0.39 is 9.84 Å². The molecule has 5 nitrogen and oxygen atoms in total. The van der Waals surface area contributed by atoms with Gasteiger partial charge in [-0.3, -0.25) is 4.79 Å². The molecule has 3 aromatic rings. The smallest absolute Gasteiger partial charge is 0.228 e. The molecule has 0 saturated carbocycles. The standard InChI is InChI=1S/C23H24N2O3S2/c1-16-8-10-17(11-9-16)22-20(24-23(29-22)18-6-4-3-5-7-18)14-21(26)25(2)19-12-13-30(27,28)15-19/h3-11,19H,12-15H2,1-2H3/t19-/m1/s1. The van der Waals surface area contributed by atoms with Gasteiger partial charge in [-0.1, -0.05) is 60.2 Å². The van der Waals surface area contributed by atoms with Crippen LogP contribution >= 0.6 is 11.3 Å². The Bertz CT molecular complexity index is 1150. The number of hydrogen-bond acceptors (Lipinski definition) is 5. The number of rotatable bonds is 5. The van der Waals surface area contributed by atoms with Crippen molar-refractivity contribution in [2.45, 2.75) is 25.8 Å². The zero-order valence-corrected chi connectivity index (χ0v) is 18.7. The molecule has 156 valence electrons. The first-order chi connectivity index (χ1) is 14.3. The van der Waals surface area contributed by atoms with Gasteiger partial charge in [0, 0.05) is 18.7 Å². The van der Waals surface area contributed by atoms with Crippen LogP contribution in [0.3, 0.4) is 0 Å². The van der Waals surface area contributed by atoms with Crippen molar-refractivity contribution in [3.8, 4) is 21.0 Å². The van der Waals surface area contributed by atoms with Crippen molar-refractivity contribution in [2.75, 3.05) is 18.6 Å². The first-order valence-corrected chi connectivity index (χ1v) is 12.5. The number of aryl methyl sites for hydroxylation is 1. The summed E-state index contributed by atoms with van der Waals surface area (Å²) in [5.41, 5.74) is 3.96. The van der Waals surface area contributed by atoms with Crippen LogP contribution in [0.2, 0.25) is 0 Å². The van der Waals surface area contributed by atoms with Gasteiger partial charge < -0.3 is 4.90 Å². The third-order valence-electron chi connectivity index (χ3n) is 5.50. The number of amides is 1. The lowest BCUT2D eigenvalue weighted by Crippen LogP contribution is -2.38. The average molecular weight is 441 g/mol. The van der Waals surface area contributed by atoms with E-state index in [0.29, 0.717) is 6.42 Å². The van der Waals surface area contributed by atoms with Gasteiger partial charge in [0.15, 0.2) is 9.84 Å². The van der Waals surface area contributed by atoms with E-state index in [4.69, 9.17) is 4.98 Å². The van der Waals surface area contributed by atoms with Crippen LogP contribution in [0.25, 0.3) is 21.0 Å². The van der Waals surface area contributed by atoms with Gasteiger partial charge in [-0.15, -0.1) is 11.3 Å². The van der Waals surface area contributed by atoms with Crippen molar-refractivity contribution in [1.29, 1.82) is 0 Å². The molecule has 4 rings (SSSR count). The second kappa shape index (κ2) is 8.32. The molecule has 30 heavy (non-hydrogen) atoms. The molecule has 0 radical (unpaired) electrons. The van der Waals surface area contributed by atoms with Gasteiger partial charge >= 0.3 is 0 Å². The van der Waals surface area contributed by atoms with Crippen LogP contribution < -0.4 is 0 Å². The summed E-state index contributed by atoms with van der Waals surface area (Å²) in [6.45, 7) is 2.04. The van der Waals surface area contributed by atoms with Gasteiger partial charge in [0.25, 0.3) is 0 Å². The Hall–Kier alpha value is -2.51. The van der Waals surface area contributed by atoms with Crippen molar-refractivity contribution in [3.63, 3.8) is 0 Å². The SMILES string of the molecule is Cc1ccc(-c2sc(-c3ccccc3)nc2CC(=O)N(C)[C@@H]2CCS(=O)(=O)C2)cc1. The zero-order valence-electron chi connectivity index (χ0n) is 17.0. The highest BCUT2D eigenvalue weighted by Gasteiger charge is 2.33. The number of nitrogens with zero attached hydrogens (tertiary/aromatic N) is 2. The molecule has 1 atom stereocenters. The largest absolute Gasteiger partial charge is 0.341 e. The fourth-order valence-electron chi connectivity index (χ4n) is 3.66. The quantitative estimate of drug-likeness (QED) is 0.602. The molecule has 0 bridgehead atoms. The second-order valence-electron chi connectivity index (χ2n) is 7.77. The zero-order chi connectivity index (χ0) is 21.3. The maximum absolute atomic E-state index is 13.0. The maximum atomic E-state index is 13.0. The van der Waals surface area contributed by atoms with Crippen molar-refractivity contribution < 1.29 is 13.2 Å². The minimum Gasteiger partial charge on any atom is -0.341 e. The number of carbonyl (C=O) groups is 1. The summed E-state index contributed by atoms with van der Waals surface area (Å²) in [7, 11) is -1.34. The fourth-order valence-corrected chi connectivity index (χ4v) is 6.53. The molecular formula is C23H24N2O3S2. The molecule has 1 saturated heterocycles. The molecule has 0 unspecified atom stereocenters. The number of hydrogen-bond donors (Lipinski definition) is 0. The molecule has 1 aliphatic rings. The monoisotopic (exact) mass is 440 g/mol. The molecule has 7 heteroatoms. The molecule has 0 aliphatic carbocycles. The van der Waals surface area contributed by atoms with E-state index in [9.17, 15) is 13.2 Å². The topological polar surface area (TPSA) is 67.3 Å². The fraction of sp³-hybridized carbons (Fsp3) is 0.304. The number of likely N-dealkylation sites (N-methyl/N-ethyl adjacent to an activating group) is 1. The molecule has 2 heterocycles. The van der Waals surface area contributed by atoms with Crippen LogP contribution in [0.4, 0.5) is 0 Å². The highest BCUT2D eigenvalue weighted by molar-refractivity contribution is 7.91. The minimum absolute atomic E-state index is 0.0480. The molecular weight excluding hydrogens is 416 g/mol. The lowest BCUT2D eigenvalue weighted by molar-refractivity contribution is -0.130. The second-order valence-corrected chi connectivity index (χ2v) is 11.0. The van der Waals surface area contributed by atoms with E-state index in [1.165, 1.54) is 5.56 Å². The number of carbonyl (C=O) groups excluding carboxylic acids is 1. The van der Waals surface area contributed by atoms with Crippen molar-refractivity contribution >= 4 is 27.1 Å². The average Bonchev–Trinajstić information content (AvgIpc) is 3.32. The summed E-state index contributed by atoms with van der Waals surface area (Å²) in [5, 5.41) is 0.875. The van der Waals surface area contributed by atoms with Gasteiger partial charge in [-0.2, -0.15) is 0 Å². The summed E-state index contributed by atoms with van der Waals surface area (Å²) in [6, 6.07) is 17.9. The number of benzene rings is 2. The van der Waals surface area contributed by atoms with Gasteiger partial charge in [0.2, 0.25) is 5.91 Å². The van der Waals surface area contributed by atoms with Crippen molar-refractivity contribution in [3.05, 3.63) is 65.9 Å². The van der Waals surface area contributed by atoms with Crippen molar-refractivity contribution in [2.24, 2.45) is 0 Å². The number of aromatic nitrogens is 1. The first-order valence-electron chi connectivity index (χ1n) is 9.90. The van der Waals surface area contributed by atoms with Crippen LogP contribution in [-0.2, 0) is 21.1 Å². The molecule has 1 aliphatic heterocycles. The molecule has 2 aromatic carbocycles. The van der Waals surface area contributed by atoms with E-state index in [-0.39, 0.29) is 29.9 Å². The molecule has 0 N–H and O–H groups in total. The molecule has 1 fully saturated rings. The Labute approximate surface area is 181 Å². The van der Waals surface area contributed by atoms with Crippen LogP contribution in [0.15, 0.2) is 54.6 Å². The molecule has 1 aromatic heterocycles. The number of thiazole rings is 1. The Kier molecular flexibility index (Phi) is 5.75. The summed E-state index contributed by atoms with van der Waals surface area (Å²) < 4.78 is 23.6. The van der Waals surface area contributed by atoms with Gasteiger partial charge in [0.05, 0.1) is 28.5 Å². The Morgan fingerprint density at radius 2 is 1.80 bits per heavy atom. The summed E-state index contributed by atoms with van der Waals surface area (Å²) >= 11 is 1.58. The summed E-state index contributed by atoms with van der Waals surface area (Å²) in [4.78, 5) is 20.4. The van der Waals surface area contributed by atoms with Crippen LogP contribution in [0.1, 0.15) is 17.7 Å². The Balaban J connectivity index is 1.65. The van der Waals surface area contributed by atoms with Crippen LogP contribution in [-0.4, -0.2) is 48.8 Å². The first kappa shape index (κ1) is 20.8. The Morgan fingerprint density at radius 3 is 2.43 bits per heavy atom. The third-order valence-corrected chi connectivity index (χ3v) is 8.45. The van der Waals surface area contributed by atoms with E-state index in [0.717, 1.165) is 26.7 Å². The van der Waals surface area contributed by atoms with E-state index in [2.05, 4.69) is 24.3 Å². The van der Waals surface area contributed by atoms with Crippen LogP contribution in [0.5, 0.6) is 0 Å². The van der Waals surface area contributed by atoms with Crippen molar-refractivity contribution in [1.82, 2.24) is 9.88 Å². The lowest BCUT2D eigenvalue weighted by atomic mass is 10.1. The van der Waals surface area contributed by atoms with Gasteiger partial charge in [0.1, 0.15) is 5.01 Å². The summed E-state index contributed by atoms with van der Waals surface area (Å²) in [5.74, 6) is 0.0980. The lowest BCUT2D eigenvalue weighted by Gasteiger charge is -2.23.